The molecule has 0 bridgehead atoms. The van der Waals surface area contributed by atoms with E-state index in [0.717, 1.165) is 30.7 Å². The number of unbranched alkanes of at least 4 members (excludes halogenated alkanes) is 4. The highest BCUT2D eigenvalue weighted by atomic mass is 16.5. The molecule has 4 heteroatoms. The first-order valence-electron chi connectivity index (χ1n) is 7.70. The third-order valence-corrected chi connectivity index (χ3v) is 3.52. The molecule has 1 N–H and O–H groups in total. The van der Waals surface area contributed by atoms with Crippen LogP contribution in [0.25, 0.3) is 0 Å². The molecule has 0 radical (unpaired) electrons. The first-order valence-corrected chi connectivity index (χ1v) is 7.70. The van der Waals surface area contributed by atoms with E-state index in [1.165, 1.54) is 26.4 Å². The molecule has 0 aliphatic heterocycles. The lowest BCUT2D eigenvalue weighted by Crippen LogP contribution is -2.30. The Morgan fingerprint density at radius 2 is 1.86 bits per heavy atom. The largest absolute Gasteiger partial charge is 0.495 e. The van der Waals surface area contributed by atoms with Gasteiger partial charge in [0, 0.05) is 0 Å². The zero-order valence-electron chi connectivity index (χ0n) is 13.4. The van der Waals surface area contributed by atoms with Gasteiger partial charge in [-0.1, -0.05) is 51.2 Å². The minimum absolute atomic E-state index is 0.226. The van der Waals surface area contributed by atoms with Gasteiger partial charge < -0.3 is 14.8 Å². The maximum absolute atomic E-state index is 11.9. The second kappa shape index (κ2) is 10.1. The van der Waals surface area contributed by atoms with Crippen LogP contribution in [0.2, 0.25) is 0 Å². The van der Waals surface area contributed by atoms with Gasteiger partial charge >= 0.3 is 5.97 Å². The summed E-state index contributed by atoms with van der Waals surface area (Å²) >= 11 is 0. The van der Waals surface area contributed by atoms with Gasteiger partial charge in [0.1, 0.15) is 11.8 Å². The molecule has 0 aliphatic carbocycles. The van der Waals surface area contributed by atoms with Crippen LogP contribution in [0.3, 0.4) is 0 Å². The number of hydrogen-bond donors (Lipinski definition) is 1. The number of para-hydroxylation sites is 2. The SMILES string of the molecule is CCCCCCCC(Nc1ccccc1OC)C(=O)OC. The second-order valence-electron chi connectivity index (χ2n) is 5.12. The summed E-state index contributed by atoms with van der Waals surface area (Å²) in [6.45, 7) is 2.19. The summed E-state index contributed by atoms with van der Waals surface area (Å²) in [4.78, 5) is 11.9. The van der Waals surface area contributed by atoms with Crippen LogP contribution in [-0.2, 0) is 9.53 Å². The highest BCUT2D eigenvalue weighted by Crippen LogP contribution is 2.25. The van der Waals surface area contributed by atoms with Crippen molar-refractivity contribution in [3.8, 4) is 5.75 Å². The molecule has 1 atom stereocenters. The number of hydrogen-bond acceptors (Lipinski definition) is 4. The molecule has 0 aliphatic rings. The summed E-state index contributed by atoms with van der Waals surface area (Å²) < 4.78 is 10.2. The van der Waals surface area contributed by atoms with E-state index >= 15 is 0 Å². The van der Waals surface area contributed by atoms with E-state index in [1.54, 1.807) is 7.11 Å². The highest BCUT2D eigenvalue weighted by Gasteiger charge is 2.19. The van der Waals surface area contributed by atoms with Gasteiger partial charge in [-0.2, -0.15) is 0 Å². The molecule has 0 spiro atoms. The Bertz CT molecular complexity index is 420. The molecule has 1 aromatic rings. The summed E-state index contributed by atoms with van der Waals surface area (Å²) in [6.07, 6.45) is 6.63. The van der Waals surface area contributed by atoms with Gasteiger partial charge in [-0.25, -0.2) is 4.79 Å². The molecule has 0 saturated heterocycles. The van der Waals surface area contributed by atoms with E-state index in [4.69, 9.17) is 9.47 Å². The first-order chi connectivity index (χ1) is 10.2. The van der Waals surface area contributed by atoms with Gasteiger partial charge in [0.25, 0.3) is 0 Å². The normalized spacial score (nSPS) is 11.8. The van der Waals surface area contributed by atoms with Gasteiger partial charge in [-0.15, -0.1) is 0 Å². The van der Waals surface area contributed by atoms with Crippen LogP contribution in [0.1, 0.15) is 45.4 Å². The fourth-order valence-electron chi connectivity index (χ4n) is 2.29. The maximum atomic E-state index is 11.9. The number of rotatable bonds is 10. The Morgan fingerprint density at radius 1 is 1.14 bits per heavy atom. The van der Waals surface area contributed by atoms with Crippen LogP contribution < -0.4 is 10.1 Å². The number of esters is 1. The molecule has 0 amide bonds. The Hall–Kier alpha value is -1.71. The summed E-state index contributed by atoms with van der Waals surface area (Å²) in [7, 11) is 3.05. The predicted octanol–water partition coefficient (Wildman–Crippen LogP) is 4.01. The standard InChI is InChI=1S/C17H27NO3/c1-4-5-6-7-8-12-15(17(19)21-3)18-14-11-9-10-13-16(14)20-2/h9-11,13,15,18H,4-8,12H2,1-3H3. The summed E-state index contributed by atoms with van der Waals surface area (Å²) in [6, 6.07) is 7.28. The smallest absolute Gasteiger partial charge is 0.328 e. The lowest BCUT2D eigenvalue weighted by atomic mass is 10.1. The van der Waals surface area contributed by atoms with Crippen molar-refractivity contribution in [3.63, 3.8) is 0 Å². The highest BCUT2D eigenvalue weighted by molar-refractivity contribution is 5.80. The number of anilines is 1. The lowest BCUT2D eigenvalue weighted by molar-refractivity contribution is -0.141. The van der Waals surface area contributed by atoms with Crippen molar-refractivity contribution in [2.24, 2.45) is 0 Å². The average Bonchev–Trinajstić information content (AvgIpc) is 2.53. The molecule has 4 nitrogen and oxygen atoms in total. The van der Waals surface area contributed by atoms with Gasteiger partial charge in [0.2, 0.25) is 0 Å². The Labute approximate surface area is 127 Å². The molecule has 1 rings (SSSR count). The van der Waals surface area contributed by atoms with Gasteiger partial charge in [-0.3, -0.25) is 0 Å². The van der Waals surface area contributed by atoms with Crippen LogP contribution in [0.15, 0.2) is 24.3 Å². The first kappa shape index (κ1) is 17.3. The number of nitrogens with one attached hydrogen (secondary N) is 1. The molecular formula is C17H27NO3. The number of carbonyl (C=O) groups is 1. The Balaban J connectivity index is 2.59. The van der Waals surface area contributed by atoms with Crippen LogP contribution in [0.4, 0.5) is 5.69 Å². The number of methoxy groups -OCH3 is 2. The third kappa shape index (κ3) is 6.06. The molecule has 1 aromatic carbocycles. The van der Waals surface area contributed by atoms with Gasteiger partial charge in [0.15, 0.2) is 0 Å². The zero-order valence-corrected chi connectivity index (χ0v) is 13.4. The Kier molecular flexibility index (Phi) is 8.32. The quantitative estimate of drug-likeness (QED) is 0.523. The fourth-order valence-corrected chi connectivity index (χ4v) is 2.29. The van der Waals surface area contributed by atoms with Crippen molar-refractivity contribution in [2.45, 2.75) is 51.5 Å². The minimum Gasteiger partial charge on any atom is -0.495 e. The number of carbonyl (C=O) groups excluding carboxylic acids is 1. The number of benzene rings is 1. The van der Waals surface area contributed by atoms with E-state index in [9.17, 15) is 4.79 Å². The van der Waals surface area contributed by atoms with E-state index in [0.29, 0.717) is 0 Å². The molecular weight excluding hydrogens is 266 g/mol. The minimum atomic E-state index is -0.326. The molecule has 0 heterocycles. The summed E-state index contributed by atoms with van der Waals surface area (Å²) in [5.74, 6) is 0.508. The van der Waals surface area contributed by atoms with Crippen molar-refractivity contribution >= 4 is 11.7 Å². The van der Waals surface area contributed by atoms with E-state index in [2.05, 4.69) is 12.2 Å². The molecule has 0 saturated carbocycles. The van der Waals surface area contributed by atoms with Crippen molar-refractivity contribution in [2.75, 3.05) is 19.5 Å². The molecule has 118 valence electrons. The van der Waals surface area contributed by atoms with Gasteiger partial charge in [-0.05, 0) is 18.6 Å². The van der Waals surface area contributed by atoms with Crippen molar-refractivity contribution in [1.29, 1.82) is 0 Å². The molecule has 21 heavy (non-hydrogen) atoms. The van der Waals surface area contributed by atoms with E-state index in [-0.39, 0.29) is 12.0 Å². The molecule has 0 fully saturated rings. The third-order valence-electron chi connectivity index (χ3n) is 3.52. The van der Waals surface area contributed by atoms with Crippen LogP contribution >= 0.6 is 0 Å². The average molecular weight is 293 g/mol. The van der Waals surface area contributed by atoms with E-state index in [1.807, 2.05) is 24.3 Å². The predicted molar refractivity (Wildman–Crippen MR) is 85.8 cm³/mol. The lowest BCUT2D eigenvalue weighted by Gasteiger charge is -2.19. The van der Waals surface area contributed by atoms with Crippen molar-refractivity contribution in [3.05, 3.63) is 24.3 Å². The number of ether oxygens (including phenoxy) is 2. The second-order valence-corrected chi connectivity index (χ2v) is 5.12. The maximum Gasteiger partial charge on any atom is 0.328 e. The zero-order chi connectivity index (χ0) is 15.5. The summed E-state index contributed by atoms with van der Waals surface area (Å²) in [5, 5.41) is 3.24. The molecule has 1 unspecified atom stereocenters. The fraction of sp³-hybridized carbons (Fsp3) is 0.588. The topological polar surface area (TPSA) is 47.6 Å². The van der Waals surface area contributed by atoms with Crippen molar-refractivity contribution < 1.29 is 14.3 Å². The summed E-state index contributed by atoms with van der Waals surface area (Å²) in [5.41, 5.74) is 0.823. The Morgan fingerprint density at radius 3 is 2.52 bits per heavy atom. The van der Waals surface area contributed by atoms with Gasteiger partial charge in [0.05, 0.1) is 19.9 Å². The van der Waals surface area contributed by atoms with E-state index < -0.39 is 0 Å². The van der Waals surface area contributed by atoms with Crippen LogP contribution in [-0.4, -0.2) is 26.2 Å². The van der Waals surface area contributed by atoms with Crippen LogP contribution in [0.5, 0.6) is 5.75 Å². The van der Waals surface area contributed by atoms with Crippen molar-refractivity contribution in [1.82, 2.24) is 0 Å². The molecule has 0 aromatic heterocycles. The van der Waals surface area contributed by atoms with Crippen LogP contribution in [0, 0.1) is 0 Å². The monoisotopic (exact) mass is 293 g/mol.